The van der Waals surface area contributed by atoms with Crippen LogP contribution in [0.25, 0.3) is 11.1 Å². The third kappa shape index (κ3) is 13.3. The standard InChI is InChI=1S/C44H68N2O6S.C43H66N2O6S/c1-39(2)32(30-9-11-31(12-10-30)38(47)52-8)15-18-40(3)35(39)17-19-42(5)36(40)14-13-33-37-34(43(6,48)29-51-7)16-20-44(37,22-21-41(33,42)4)45-23-24-46-25-27-53(49,50)28-26-46;1-38(2)31(29-8-10-30(11-9-29)37(46)47)14-17-39(3)34(38)16-18-41(5)35(39)13-12-32-36-33(42(6,48)28-51-7)15-19-43(36,21-20-40(32,41)4)44-22-23-45-24-26-52(49,50)27-25-45/h9-12,15,33-37,45,48H,13-14,16-29H2,1-8H3;8-11,14,32-36,44,48H,12-13,15-28H2,1-7H3,(H,46,47)/t33-,34-,35+,36-,37+,40+,41-,42-,43?,44+;32-,33-,34+,35-,36+,39+,40-,41-,42?,43+/m11/s1. The van der Waals surface area contributed by atoms with Crippen molar-refractivity contribution in [2.24, 2.45) is 102 Å². The molecule has 14 rings (SSSR count). The fourth-order valence-corrected chi connectivity index (χ4v) is 31.3. The monoisotopic (exact) mass is 1490 g/mol. The van der Waals surface area contributed by atoms with Crippen LogP contribution >= 0.6 is 0 Å². The molecule has 0 radical (unpaired) electrons. The van der Waals surface area contributed by atoms with E-state index in [4.69, 9.17) is 14.2 Å². The normalized spacial score (nSPS) is 41.8. The third-order valence-corrected chi connectivity index (χ3v) is 37.5. The summed E-state index contributed by atoms with van der Waals surface area (Å²) in [6, 6.07) is 15.6. The molecule has 10 aliphatic carbocycles. The maximum atomic E-state index is 12.2. The predicted octanol–water partition coefficient (Wildman–Crippen LogP) is 13.9. The van der Waals surface area contributed by atoms with Gasteiger partial charge in [-0.05, 0) is 278 Å². The van der Waals surface area contributed by atoms with Crippen LogP contribution in [-0.4, -0.2) is 186 Å². The lowest BCUT2D eigenvalue weighted by Crippen LogP contribution is -2.69. The zero-order chi connectivity index (χ0) is 75.8. The first-order valence-corrected chi connectivity index (χ1v) is 44.6. The number of methoxy groups -OCH3 is 3. The Labute approximate surface area is 631 Å². The van der Waals surface area contributed by atoms with E-state index in [-0.39, 0.29) is 95.2 Å². The Kier molecular flexibility index (Phi) is 21.4. The van der Waals surface area contributed by atoms with Crippen LogP contribution in [0.15, 0.2) is 60.7 Å². The number of carboxylic acid groups (broad SMARTS) is 1. The van der Waals surface area contributed by atoms with E-state index in [2.05, 4.69) is 114 Å². The molecule has 8 saturated carbocycles. The van der Waals surface area contributed by atoms with E-state index in [9.17, 15) is 41.7 Å². The first kappa shape index (κ1) is 79.5. The molecule has 105 heavy (non-hydrogen) atoms. The number of carboxylic acids is 1. The molecule has 12 aliphatic rings. The highest BCUT2D eigenvalue weighted by atomic mass is 32.2. The molecule has 0 amide bonds. The number of fused-ring (bicyclic) bond motifs is 14. The summed E-state index contributed by atoms with van der Waals surface area (Å²) >= 11 is 0. The van der Waals surface area contributed by atoms with Crippen molar-refractivity contribution in [1.29, 1.82) is 0 Å². The maximum Gasteiger partial charge on any atom is 0.337 e. The minimum atomic E-state index is -2.90. The van der Waals surface area contributed by atoms with E-state index in [1.54, 1.807) is 26.4 Å². The Morgan fingerprint density at radius 2 is 0.857 bits per heavy atom. The van der Waals surface area contributed by atoms with Crippen molar-refractivity contribution in [3.63, 3.8) is 0 Å². The van der Waals surface area contributed by atoms with Gasteiger partial charge in [0.15, 0.2) is 19.7 Å². The molecule has 18 heteroatoms. The molecule has 20 atom stereocenters. The van der Waals surface area contributed by atoms with Crippen LogP contribution in [0, 0.1) is 102 Å². The van der Waals surface area contributed by atoms with Gasteiger partial charge >= 0.3 is 11.9 Å². The van der Waals surface area contributed by atoms with E-state index >= 15 is 0 Å². The van der Waals surface area contributed by atoms with E-state index in [1.807, 2.05) is 38.1 Å². The Bertz CT molecular complexity index is 3830. The Morgan fingerprint density at radius 1 is 0.486 bits per heavy atom. The second-order valence-electron chi connectivity index (χ2n) is 39.5. The molecule has 2 heterocycles. The van der Waals surface area contributed by atoms with Gasteiger partial charge in [-0.3, -0.25) is 0 Å². The van der Waals surface area contributed by atoms with Crippen molar-refractivity contribution >= 4 is 42.8 Å². The number of hydrogen-bond donors (Lipinski definition) is 5. The molecular formula is C87H134N4O12S2. The summed E-state index contributed by atoms with van der Waals surface area (Å²) in [5, 5.41) is 42.0. The van der Waals surface area contributed by atoms with Crippen molar-refractivity contribution in [1.82, 2.24) is 20.4 Å². The van der Waals surface area contributed by atoms with Gasteiger partial charge in [0.25, 0.3) is 0 Å². The van der Waals surface area contributed by atoms with Crippen molar-refractivity contribution in [2.75, 3.05) is 110 Å². The summed E-state index contributed by atoms with van der Waals surface area (Å²) in [6.07, 6.45) is 25.6. The molecule has 0 spiro atoms. The summed E-state index contributed by atoms with van der Waals surface area (Å²) in [7, 11) is -0.945. The number of sulfone groups is 2. The summed E-state index contributed by atoms with van der Waals surface area (Å²) in [5.41, 5.74) is 5.21. The highest BCUT2D eigenvalue weighted by Crippen LogP contribution is 2.79. The largest absolute Gasteiger partial charge is 0.478 e. The summed E-state index contributed by atoms with van der Waals surface area (Å²) in [5.74, 6) is 4.22. The topological polar surface area (TPSA) is 221 Å². The molecule has 16 nitrogen and oxygen atoms in total. The smallest absolute Gasteiger partial charge is 0.337 e. The third-order valence-electron chi connectivity index (χ3n) is 34.2. The van der Waals surface area contributed by atoms with Gasteiger partial charge in [-0.2, -0.15) is 0 Å². The minimum absolute atomic E-state index is 0.00154. The first-order chi connectivity index (χ1) is 49.2. The second-order valence-corrected chi connectivity index (χ2v) is 44.1. The maximum absolute atomic E-state index is 12.2. The van der Waals surface area contributed by atoms with Gasteiger partial charge in [-0.25, -0.2) is 26.4 Å². The fraction of sp³-hybridized carbons (Fsp3) is 0.793. The van der Waals surface area contributed by atoms with Gasteiger partial charge in [-0.1, -0.05) is 106 Å². The van der Waals surface area contributed by atoms with Gasteiger partial charge in [0, 0.05) is 77.7 Å². The van der Waals surface area contributed by atoms with E-state index in [1.165, 1.54) is 88.0 Å². The number of nitrogens with one attached hydrogen (secondary N) is 2. The van der Waals surface area contributed by atoms with E-state index in [0.29, 0.717) is 97.9 Å². The Balaban J connectivity index is 0.000000186. The summed E-state index contributed by atoms with van der Waals surface area (Å²) < 4.78 is 64.6. The number of rotatable bonds is 18. The van der Waals surface area contributed by atoms with Gasteiger partial charge in [-0.15, -0.1) is 0 Å². The summed E-state index contributed by atoms with van der Waals surface area (Å²) in [6.45, 7) is 36.3. The quantitative estimate of drug-likeness (QED) is 0.0876. The number of hydrogen-bond acceptors (Lipinski definition) is 15. The van der Waals surface area contributed by atoms with Crippen LogP contribution in [0.2, 0.25) is 0 Å². The predicted molar refractivity (Wildman–Crippen MR) is 418 cm³/mol. The number of allylic oxidation sites excluding steroid dienone is 4. The number of carbonyl (C=O) groups is 2. The Hall–Kier alpha value is -3.56. The fourth-order valence-electron chi connectivity index (χ4n) is 28.8. The van der Waals surface area contributed by atoms with Crippen molar-refractivity contribution < 1.29 is 56.0 Å². The van der Waals surface area contributed by atoms with Crippen LogP contribution in [0.5, 0.6) is 0 Å². The molecule has 586 valence electrons. The number of carbonyl (C=O) groups excluding carboxylic acids is 1. The lowest BCUT2D eigenvalue weighted by molar-refractivity contribution is -0.227. The average molecular weight is 1490 g/mol. The molecule has 10 fully saturated rings. The zero-order valence-corrected chi connectivity index (χ0v) is 68.5. The van der Waals surface area contributed by atoms with Crippen LogP contribution in [-0.2, 0) is 33.9 Å². The van der Waals surface area contributed by atoms with Gasteiger partial charge < -0.3 is 50.0 Å². The van der Waals surface area contributed by atoms with Crippen LogP contribution < -0.4 is 10.6 Å². The van der Waals surface area contributed by atoms with Gasteiger partial charge in [0.05, 0.1) is 65.7 Å². The minimum Gasteiger partial charge on any atom is -0.478 e. The number of benzene rings is 2. The van der Waals surface area contributed by atoms with Crippen LogP contribution in [0.3, 0.4) is 0 Å². The molecule has 2 aromatic carbocycles. The second kappa shape index (κ2) is 28.3. The van der Waals surface area contributed by atoms with Crippen molar-refractivity contribution in [2.45, 2.75) is 221 Å². The highest BCUT2D eigenvalue weighted by Gasteiger charge is 2.74. The number of aromatic carboxylic acids is 1. The molecule has 0 bridgehead atoms. The molecule has 0 aromatic heterocycles. The lowest BCUT2D eigenvalue weighted by atomic mass is 9.32. The average Bonchev–Trinajstić information content (AvgIpc) is 1.63. The molecule has 2 unspecified atom stereocenters. The lowest BCUT2D eigenvalue weighted by Gasteiger charge is -2.72. The Morgan fingerprint density at radius 3 is 1.21 bits per heavy atom. The van der Waals surface area contributed by atoms with Gasteiger partial charge in [0.1, 0.15) is 0 Å². The number of aliphatic hydroxyl groups is 2. The number of nitrogens with zero attached hydrogens (tertiary/aromatic N) is 2. The SMILES string of the molecule is COCC(C)(O)[C@@H]1CC[C@]2(NCCN3CCS(=O)(=O)CC3)CC[C@]3(C)[C@H](CC[C@@H]4[C@@]5(C)CC=C(c6ccc(C(=O)O)cc6)C(C)(C)[C@@H]5CC[C@]43C)[C@@H]12.COCC(C)(O)[C@@H]1CC[C@]2(NCCN3CCS(=O)(=O)CC3)CC[C@]3(C)[C@H](CC[C@@H]4[C@@]5(C)CC=C(c6ccc(C(=O)OC)cc6)C(C)(C)[C@@H]5CC[C@]43C)[C@@H]12. The zero-order valence-electron chi connectivity index (χ0n) is 66.9. The first-order valence-electron chi connectivity index (χ1n) is 40.9. The van der Waals surface area contributed by atoms with Crippen molar-refractivity contribution in [3.8, 4) is 0 Å². The molecule has 2 aromatic rings. The molecular weight excluding hydrogens is 1360 g/mol. The molecule has 2 aliphatic heterocycles. The van der Waals surface area contributed by atoms with Crippen molar-refractivity contribution in [3.05, 3.63) is 82.9 Å². The van der Waals surface area contributed by atoms with E-state index < -0.39 is 36.8 Å². The number of esters is 1. The van der Waals surface area contributed by atoms with Crippen LogP contribution in [0.1, 0.15) is 231 Å². The highest BCUT2D eigenvalue weighted by molar-refractivity contribution is 7.91. The molecule has 5 N–H and O–H groups in total. The van der Waals surface area contributed by atoms with Crippen LogP contribution in [0.4, 0.5) is 0 Å². The molecule has 2 saturated heterocycles. The summed E-state index contributed by atoms with van der Waals surface area (Å²) in [4.78, 5) is 28.4. The number of ether oxygens (including phenoxy) is 3. The van der Waals surface area contributed by atoms with Gasteiger partial charge in [0.2, 0.25) is 0 Å². The van der Waals surface area contributed by atoms with E-state index in [0.717, 1.165) is 83.1 Å².